The van der Waals surface area contributed by atoms with Crippen molar-refractivity contribution in [2.24, 2.45) is 4.99 Å². The molecule has 1 fully saturated rings. The molecule has 2 aliphatic rings. The van der Waals surface area contributed by atoms with Crippen LogP contribution in [0.3, 0.4) is 0 Å². The summed E-state index contributed by atoms with van der Waals surface area (Å²) in [6.07, 6.45) is 6.37. The van der Waals surface area contributed by atoms with E-state index in [9.17, 15) is 0 Å². The van der Waals surface area contributed by atoms with Crippen LogP contribution in [-0.2, 0) is 25.8 Å². The molecule has 4 rings (SSSR count). The van der Waals surface area contributed by atoms with Gasteiger partial charge in [0.25, 0.3) is 0 Å². The number of aryl methyl sites for hydroxylation is 2. The van der Waals surface area contributed by atoms with Crippen molar-refractivity contribution in [3.63, 3.8) is 0 Å². The van der Waals surface area contributed by atoms with Gasteiger partial charge in [0.1, 0.15) is 5.82 Å². The summed E-state index contributed by atoms with van der Waals surface area (Å²) in [4.78, 5) is 16.2. The second-order valence-electron chi connectivity index (χ2n) is 7.42. The van der Waals surface area contributed by atoms with Crippen LogP contribution in [0.25, 0.3) is 0 Å². The van der Waals surface area contributed by atoms with Crippen molar-refractivity contribution >= 4 is 22.4 Å². The van der Waals surface area contributed by atoms with Gasteiger partial charge in [-0.05, 0) is 19.3 Å². The molecule has 2 aliphatic heterocycles. The minimum absolute atomic E-state index is 0.325. The number of thiazole rings is 1. The average Bonchev–Trinajstić information content (AvgIpc) is 3.46. The minimum atomic E-state index is 0.325. The first kappa shape index (κ1) is 19.2. The monoisotopic (exact) mass is 402 g/mol. The van der Waals surface area contributed by atoms with Crippen LogP contribution >= 0.6 is 11.3 Å². The Bertz CT molecular complexity index is 805. The third kappa shape index (κ3) is 4.45. The standard InChI is InChI=1S/C19H30N8S/c1-3-16-24-17-7-6-14(12-27(17)25-16)22-18(20-2)21-9-8-15-13-28-19(23-15)26-10-4-5-11-26/h13-14H,3-12H2,1-2H3,(H2,20,21,22). The van der Waals surface area contributed by atoms with E-state index in [2.05, 4.69) is 42.9 Å². The lowest BCUT2D eigenvalue weighted by atomic mass is 10.1. The Hall–Kier alpha value is -2.16. The quantitative estimate of drug-likeness (QED) is 0.564. The van der Waals surface area contributed by atoms with Crippen molar-refractivity contribution in [1.29, 1.82) is 0 Å². The van der Waals surface area contributed by atoms with Crippen LogP contribution in [0, 0.1) is 0 Å². The van der Waals surface area contributed by atoms with Crippen LogP contribution in [0.4, 0.5) is 5.13 Å². The van der Waals surface area contributed by atoms with Crippen molar-refractivity contribution < 1.29 is 0 Å². The van der Waals surface area contributed by atoms with Crippen LogP contribution in [0.1, 0.15) is 43.5 Å². The second-order valence-corrected chi connectivity index (χ2v) is 8.26. The number of aliphatic imine (C=N–C) groups is 1. The normalized spacial score (nSPS) is 19.7. The first-order valence-electron chi connectivity index (χ1n) is 10.3. The zero-order chi connectivity index (χ0) is 19.3. The van der Waals surface area contributed by atoms with Crippen molar-refractivity contribution in [1.82, 2.24) is 30.4 Å². The molecule has 2 N–H and O–H groups in total. The molecule has 0 saturated carbocycles. The topological polar surface area (TPSA) is 83.3 Å². The lowest BCUT2D eigenvalue weighted by molar-refractivity contribution is 0.392. The van der Waals surface area contributed by atoms with E-state index in [0.29, 0.717) is 6.04 Å². The van der Waals surface area contributed by atoms with Gasteiger partial charge in [-0.2, -0.15) is 5.10 Å². The zero-order valence-corrected chi connectivity index (χ0v) is 17.6. The Morgan fingerprint density at radius 1 is 1.32 bits per heavy atom. The summed E-state index contributed by atoms with van der Waals surface area (Å²) >= 11 is 1.76. The minimum Gasteiger partial charge on any atom is -0.356 e. The molecule has 28 heavy (non-hydrogen) atoms. The second kappa shape index (κ2) is 8.89. The van der Waals surface area contributed by atoms with Gasteiger partial charge in [0.2, 0.25) is 0 Å². The third-order valence-corrected chi connectivity index (χ3v) is 6.32. The maximum absolute atomic E-state index is 4.79. The number of nitrogens with one attached hydrogen (secondary N) is 2. The van der Waals surface area contributed by atoms with E-state index in [-0.39, 0.29) is 0 Å². The molecular formula is C19H30N8S. The number of guanidine groups is 1. The van der Waals surface area contributed by atoms with Gasteiger partial charge in [0, 0.05) is 57.4 Å². The smallest absolute Gasteiger partial charge is 0.191 e. The van der Waals surface area contributed by atoms with Crippen LogP contribution in [-0.4, -0.2) is 58.4 Å². The molecule has 0 spiro atoms. The highest BCUT2D eigenvalue weighted by Crippen LogP contribution is 2.24. The van der Waals surface area contributed by atoms with E-state index in [0.717, 1.165) is 75.2 Å². The Morgan fingerprint density at radius 2 is 2.18 bits per heavy atom. The number of hydrogen-bond donors (Lipinski definition) is 2. The number of hydrogen-bond acceptors (Lipinski definition) is 6. The first-order valence-corrected chi connectivity index (χ1v) is 11.2. The van der Waals surface area contributed by atoms with E-state index in [1.54, 1.807) is 11.3 Å². The molecule has 9 heteroatoms. The van der Waals surface area contributed by atoms with Gasteiger partial charge in [-0.25, -0.2) is 14.6 Å². The highest BCUT2D eigenvalue weighted by molar-refractivity contribution is 7.13. The largest absolute Gasteiger partial charge is 0.356 e. The van der Waals surface area contributed by atoms with Gasteiger partial charge in [0.05, 0.1) is 12.2 Å². The lowest BCUT2D eigenvalue weighted by Gasteiger charge is -2.25. The molecule has 1 atom stereocenters. The maximum Gasteiger partial charge on any atom is 0.191 e. The Morgan fingerprint density at radius 3 is 2.96 bits per heavy atom. The fourth-order valence-corrected chi connectivity index (χ4v) is 4.70. The Kier molecular flexibility index (Phi) is 6.09. The third-order valence-electron chi connectivity index (χ3n) is 5.37. The van der Waals surface area contributed by atoms with Gasteiger partial charge in [-0.3, -0.25) is 4.99 Å². The molecular weight excluding hydrogens is 372 g/mol. The van der Waals surface area contributed by atoms with E-state index < -0.39 is 0 Å². The summed E-state index contributed by atoms with van der Waals surface area (Å²) < 4.78 is 2.04. The summed E-state index contributed by atoms with van der Waals surface area (Å²) in [5.41, 5.74) is 1.16. The summed E-state index contributed by atoms with van der Waals surface area (Å²) in [6, 6.07) is 0.325. The van der Waals surface area contributed by atoms with E-state index in [1.807, 2.05) is 11.7 Å². The fraction of sp³-hybridized carbons (Fsp3) is 0.684. The molecule has 4 heterocycles. The molecule has 8 nitrogen and oxygen atoms in total. The van der Waals surface area contributed by atoms with Gasteiger partial charge in [0.15, 0.2) is 16.9 Å². The number of rotatable bonds is 6. The SMILES string of the molecule is CCc1nc2n(n1)CC(NC(=NC)NCCc1csc(N3CCCC3)n1)CC2. The maximum atomic E-state index is 4.79. The predicted octanol–water partition coefficient (Wildman–Crippen LogP) is 1.62. The van der Waals surface area contributed by atoms with E-state index in [1.165, 1.54) is 18.0 Å². The molecule has 0 bridgehead atoms. The molecule has 1 unspecified atom stereocenters. The van der Waals surface area contributed by atoms with Gasteiger partial charge in [-0.1, -0.05) is 6.92 Å². The first-order chi connectivity index (χ1) is 13.7. The van der Waals surface area contributed by atoms with Crippen molar-refractivity contribution in [3.05, 3.63) is 22.7 Å². The molecule has 0 aromatic carbocycles. The van der Waals surface area contributed by atoms with E-state index in [4.69, 9.17) is 4.98 Å². The number of nitrogens with zero attached hydrogens (tertiary/aromatic N) is 6. The number of aromatic nitrogens is 4. The fourth-order valence-electron chi connectivity index (χ4n) is 3.79. The average molecular weight is 403 g/mol. The highest BCUT2D eigenvalue weighted by atomic mass is 32.1. The van der Waals surface area contributed by atoms with Gasteiger partial charge < -0.3 is 15.5 Å². The van der Waals surface area contributed by atoms with Gasteiger partial charge >= 0.3 is 0 Å². The highest BCUT2D eigenvalue weighted by Gasteiger charge is 2.22. The zero-order valence-electron chi connectivity index (χ0n) is 16.8. The molecule has 1 saturated heterocycles. The van der Waals surface area contributed by atoms with Crippen LogP contribution in [0.5, 0.6) is 0 Å². The van der Waals surface area contributed by atoms with Crippen molar-refractivity contribution in [2.45, 2.75) is 58.0 Å². The molecule has 2 aromatic heterocycles. The molecule has 152 valence electrons. The van der Waals surface area contributed by atoms with Crippen LogP contribution in [0.15, 0.2) is 10.4 Å². The molecule has 0 amide bonds. The predicted molar refractivity (Wildman–Crippen MR) is 113 cm³/mol. The van der Waals surface area contributed by atoms with Gasteiger partial charge in [-0.15, -0.1) is 11.3 Å². The molecule has 0 aliphatic carbocycles. The van der Waals surface area contributed by atoms with Crippen molar-refractivity contribution in [3.8, 4) is 0 Å². The van der Waals surface area contributed by atoms with Crippen LogP contribution in [0.2, 0.25) is 0 Å². The summed E-state index contributed by atoms with van der Waals surface area (Å²) in [5, 5.41) is 14.9. The summed E-state index contributed by atoms with van der Waals surface area (Å²) in [5.74, 6) is 2.89. The lowest BCUT2D eigenvalue weighted by Crippen LogP contribution is -2.47. The summed E-state index contributed by atoms with van der Waals surface area (Å²) in [6.45, 7) is 6.06. The Balaban J connectivity index is 1.24. The van der Waals surface area contributed by atoms with Crippen molar-refractivity contribution in [2.75, 3.05) is 31.6 Å². The Labute approximate surface area is 170 Å². The van der Waals surface area contributed by atoms with E-state index >= 15 is 0 Å². The summed E-state index contributed by atoms with van der Waals surface area (Å²) in [7, 11) is 1.82. The molecule has 2 aromatic rings. The number of anilines is 1. The molecule has 0 radical (unpaired) electrons. The van der Waals surface area contributed by atoms with Crippen LogP contribution < -0.4 is 15.5 Å². The number of fused-ring (bicyclic) bond motifs is 1.